The van der Waals surface area contributed by atoms with Crippen LogP contribution in [0.25, 0.3) is 11.0 Å². The average molecular weight is 309 g/mol. The minimum absolute atomic E-state index is 0.0330. The lowest BCUT2D eigenvalue weighted by Gasteiger charge is -2.14. The van der Waals surface area contributed by atoms with E-state index in [-0.39, 0.29) is 17.4 Å². The number of hydrogen-bond acceptors (Lipinski definition) is 4. The van der Waals surface area contributed by atoms with Crippen LogP contribution in [0, 0.1) is 0 Å². The summed E-state index contributed by atoms with van der Waals surface area (Å²) in [6.07, 6.45) is 0. The van der Waals surface area contributed by atoms with Crippen LogP contribution < -0.4 is 10.9 Å². The highest BCUT2D eigenvalue weighted by molar-refractivity contribution is 5.96. The van der Waals surface area contributed by atoms with E-state index in [1.54, 1.807) is 49.4 Å². The van der Waals surface area contributed by atoms with E-state index in [1.165, 1.54) is 6.07 Å². The summed E-state index contributed by atoms with van der Waals surface area (Å²) >= 11 is 0. The van der Waals surface area contributed by atoms with Crippen molar-refractivity contribution >= 4 is 16.9 Å². The molecule has 0 aliphatic rings. The van der Waals surface area contributed by atoms with Gasteiger partial charge in [-0.3, -0.25) is 4.79 Å². The van der Waals surface area contributed by atoms with Gasteiger partial charge in [-0.2, -0.15) is 0 Å². The van der Waals surface area contributed by atoms with Crippen molar-refractivity contribution in [2.24, 2.45) is 0 Å². The molecule has 0 unspecified atom stereocenters. The van der Waals surface area contributed by atoms with Gasteiger partial charge in [-0.25, -0.2) is 4.79 Å². The van der Waals surface area contributed by atoms with E-state index in [1.807, 2.05) is 6.07 Å². The molecule has 1 atom stereocenters. The van der Waals surface area contributed by atoms with Crippen LogP contribution in [0.3, 0.4) is 0 Å². The first-order valence-electron chi connectivity index (χ1n) is 7.17. The Hall–Kier alpha value is -3.08. The first-order valence-corrected chi connectivity index (χ1v) is 7.17. The van der Waals surface area contributed by atoms with E-state index >= 15 is 0 Å². The van der Waals surface area contributed by atoms with Gasteiger partial charge >= 0.3 is 5.63 Å². The molecule has 1 amide bonds. The number of aromatic hydroxyl groups is 1. The van der Waals surface area contributed by atoms with Crippen molar-refractivity contribution in [3.05, 3.63) is 76.1 Å². The van der Waals surface area contributed by atoms with Crippen LogP contribution in [0.2, 0.25) is 0 Å². The first kappa shape index (κ1) is 14.8. The first-order chi connectivity index (χ1) is 11.0. The number of hydrogen-bond donors (Lipinski definition) is 2. The Bertz CT molecular complexity index is 912. The molecule has 3 rings (SSSR count). The highest BCUT2D eigenvalue weighted by Gasteiger charge is 2.16. The van der Waals surface area contributed by atoms with Crippen LogP contribution in [0.1, 0.15) is 28.9 Å². The molecular weight excluding hydrogens is 294 g/mol. The predicted molar refractivity (Wildman–Crippen MR) is 86.5 cm³/mol. The quantitative estimate of drug-likeness (QED) is 0.729. The molecule has 0 bridgehead atoms. The molecule has 3 aromatic rings. The molecule has 5 heteroatoms. The molecule has 116 valence electrons. The summed E-state index contributed by atoms with van der Waals surface area (Å²) in [5.74, 6) is -0.340. The molecule has 0 aliphatic carbocycles. The number of phenols is 1. The predicted octanol–water partition coefficient (Wildman–Crippen LogP) is 2.99. The second-order valence-corrected chi connectivity index (χ2v) is 5.27. The summed E-state index contributed by atoms with van der Waals surface area (Å²) in [6, 6.07) is 14.8. The Labute approximate surface area is 132 Å². The van der Waals surface area contributed by atoms with Crippen molar-refractivity contribution in [1.82, 2.24) is 5.32 Å². The van der Waals surface area contributed by atoms with Gasteiger partial charge in [0.1, 0.15) is 16.9 Å². The number of fused-ring (bicyclic) bond motifs is 1. The summed E-state index contributed by atoms with van der Waals surface area (Å²) in [5.41, 5.74) is 0.565. The van der Waals surface area contributed by atoms with Crippen molar-refractivity contribution < 1.29 is 14.3 Å². The lowest BCUT2D eigenvalue weighted by molar-refractivity contribution is 0.0936. The Kier molecular flexibility index (Phi) is 3.85. The van der Waals surface area contributed by atoms with E-state index in [0.29, 0.717) is 11.0 Å². The van der Waals surface area contributed by atoms with Gasteiger partial charge in [0.05, 0.1) is 6.04 Å². The molecule has 0 radical (unpaired) electrons. The number of benzene rings is 2. The fraction of sp³-hybridized carbons (Fsp3) is 0.111. The highest BCUT2D eigenvalue weighted by atomic mass is 16.4. The largest absolute Gasteiger partial charge is 0.508 e. The third-order valence-electron chi connectivity index (χ3n) is 3.63. The lowest BCUT2D eigenvalue weighted by atomic mass is 10.1. The molecular formula is C18H15NO4. The molecule has 1 aromatic heterocycles. The number of amides is 1. The average Bonchev–Trinajstić information content (AvgIpc) is 2.54. The molecule has 0 aliphatic heterocycles. The van der Waals surface area contributed by atoms with E-state index in [2.05, 4.69) is 5.32 Å². The second kappa shape index (κ2) is 5.96. The van der Waals surface area contributed by atoms with E-state index in [0.717, 1.165) is 5.56 Å². The Morgan fingerprint density at radius 1 is 1.13 bits per heavy atom. The zero-order valence-corrected chi connectivity index (χ0v) is 12.4. The van der Waals surface area contributed by atoms with Crippen molar-refractivity contribution in [3.63, 3.8) is 0 Å². The molecule has 0 saturated heterocycles. The maximum atomic E-state index is 12.3. The number of phenolic OH excluding ortho intramolecular Hbond substituents is 1. The van der Waals surface area contributed by atoms with Crippen LogP contribution in [-0.4, -0.2) is 11.0 Å². The summed E-state index contributed by atoms with van der Waals surface area (Å²) in [4.78, 5) is 24.3. The second-order valence-electron chi connectivity index (χ2n) is 5.27. The van der Waals surface area contributed by atoms with Crippen LogP contribution in [0.15, 0.2) is 63.8 Å². The third kappa shape index (κ3) is 3.08. The van der Waals surface area contributed by atoms with Crippen molar-refractivity contribution in [3.8, 4) is 5.75 Å². The van der Waals surface area contributed by atoms with Gasteiger partial charge in [0.15, 0.2) is 0 Å². The summed E-state index contributed by atoms with van der Waals surface area (Å²) in [6.45, 7) is 1.80. The SMILES string of the molecule is C[C@@H](NC(=O)c1cc2ccccc2oc1=O)c1ccc(O)cc1. The smallest absolute Gasteiger partial charge is 0.349 e. The van der Waals surface area contributed by atoms with Gasteiger partial charge in [-0.15, -0.1) is 0 Å². The number of carbonyl (C=O) groups excluding carboxylic acids is 1. The summed E-state index contributed by atoms with van der Waals surface area (Å²) in [7, 11) is 0. The molecule has 2 aromatic carbocycles. The normalized spacial score (nSPS) is 12.0. The lowest BCUT2D eigenvalue weighted by Crippen LogP contribution is -2.30. The zero-order valence-electron chi connectivity index (χ0n) is 12.4. The maximum Gasteiger partial charge on any atom is 0.349 e. The minimum Gasteiger partial charge on any atom is -0.508 e. The zero-order chi connectivity index (χ0) is 16.4. The van der Waals surface area contributed by atoms with E-state index < -0.39 is 11.5 Å². The minimum atomic E-state index is -0.667. The number of rotatable bonds is 3. The van der Waals surface area contributed by atoms with Gasteiger partial charge in [-0.05, 0) is 36.8 Å². The number of para-hydroxylation sites is 1. The molecule has 5 nitrogen and oxygen atoms in total. The Morgan fingerprint density at radius 2 is 1.83 bits per heavy atom. The molecule has 23 heavy (non-hydrogen) atoms. The van der Waals surface area contributed by atoms with Crippen LogP contribution >= 0.6 is 0 Å². The van der Waals surface area contributed by atoms with E-state index in [9.17, 15) is 14.7 Å². The fourth-order valence-corrected chi connectivity index (χ4v) is 2.34. The number of nitrogens with one attached hydrogen (secondary N) is 1. The molecule has 1 heterocycles. The molecule has 2 N–H and O–H groups in total. The molecule has 0 saturated carbocycles. The van der Waals surface area contributed by atoms with Gasteiger partial charge in [0.2, 0.25) is 0 Å². The fourth-order valence-electron chi connectivity index (χ4n) is 2.34. The maximum absolute atomic E-state index is 12.3. The van der Waals surface area contributed by atoms with E-state index in [4.69, 9.17) is 4.42 Å². The number of carbonyl (C=O) groups is 1. The standard InChI is InChI=1S/C18H15NO4/c1-11(12-6-8-14(20)9-7-12)19-17(21)15-10-13-4-2-3-5-16(13)23-18(15)22/h2-11,20H,1H3,(H,19,21)/t11-/m1/s1. The van der Waals surface area contributed by atoms with Gasteiger partial charge in [-0.1, -0.05) is 30.3 Å². The summed E-state index contributed by atoms with van der Waals surface area (Å²) < 4.78 is 5.17. The van der Waals surface area contributed by atoms with Crippen molar-refractivity contribution in [2.75, 3.05) is 0 Å². The monoisotopic (exact) mass is 309 g/mol. The van der Waals surface area contributed by atoms with Gasteiger partial charge in [0.25, 0.3) is 5.91 Å². The third-order valence-corrected chi connectivity index (χ3v) is 3.63. The summed E-state index contributed by atoms with van der Waals surface area (Å²) in [5, 5.41) is 12.7. The highest BCUT2D eigenvalue weighted by Crippen LogP contribution is 2.17. The topological polar surface area (TPSA) is 79.5 Å². The molecule has 0 spiro atoms. The van der Waals surface area contributed by atoms with Crippen LogP contribution in [-0.2, 0) is 0 Å². The Balaban J connectivity index is 1.87. The Morgan fingerprint density at radius 3 is 2.57 bits per heavy atom. The molecule has 0 fully saturated rings. The van der Waals surface area contributed by atoms with Crippen LogP contribution in [0.5, 0.6) is 5.75 Å². The van der Waals surface area contributed by atoms with Gasteiger partial charge < -0.3 is 14.8 Å². The van der Waals surface area contributed by atoms with Crippen molar-refractivity contribution in [2.45, 2.75) is 13.0 Å². The van der Waals surface area contributed by atoms with Crippen molar-refractivity contribution in [1.29, 1.82) is 0 Å². The van der Waals surface area contributed by atoms with Gasteiger partial charge in [0, 0.05) is 5.39 Å². The van der Waals surface area contributed by atoms with Crippen LogP contribution in [0.4, 0.5) is 0 Å².